The monoisotopic (exact) mass is 383 g/mol. The lowest BCUT2D eigenvalue weighted by atomic mass is 9.92. The maximum Gasteiger partial charge on any atom is 0.317 e. The van der Waals surface area contributed by atoms with Crippen LogP contribution in [0.4, 0.5) is 14.9 Å². The highest BCUT2D eigenvalue weighted by Crippen LogP contribution is 2.27. The van der Waals surface area contributed by atoms with E-state index in [2.05, 4.69) is 29.3 Å². The smallest absolute Gasteiger partial charge is 0.317 e. The molecule has 1 aromatic carbocycles. The van der Waals surface area contributed by atoms with Crippen LogP contribution < -0.4 is 10.2 Å². The van der Waals surface area contributed by atoms with Gasteiger partial charge < -0.3 is 15.1 Å². The Morgan fingerprint density at radius 3 is 2.65 bits per heavy atom. The number of hydrogen-bond acceptors (Lipinski definition) is 2. The summed E-state index contributed by atoms with van der Waals surface area (Å²) in [6.07, 6.45) is 6.36. The first-order chi connectivity index (χ1) is 12.1. The van der Waals surface area contributed by atoms with Crippen LogP contribution in [0.1, 0.15) is 33.6 Å². The number of rotatable bonds is 6. The Labute approximate surface area is 162 Å². The summed E-state index contributed by atoms with van der Waals surface area (Å²) in [5.41, 5.74) is 1.03. The summed E-state index contributed by atoms with van der Waals surface area (Å²) in [5, 5.41) is 2.90. The molecule has 0 aliphatic carbocycles. The molecular formula is C20H31ClFN3O. The highest BCUT2D eigenvalue weighted by Gasteiger charge is 2.32. The van der Waals surface area contributed by atoms with Crippen LogP contribution in [-0.4, -0.2) is 43.2 Å². The van der Waals surface area contributed by atoms with E-state index in [-0.39, 0.29) is 30.3 Å². The molecule has 6 heteroatoms. The van der Waals surface area contributed by atoms with Gasteiger partial charge in [0.15, 0.2) is 0 Å². The van der Waals surface area contributed by atoms with Crippen LogP contribution in [0, 0.1) is 11.7 Å². The zero-order valence-electron chi connectivity index (χ0n) is 16.0. The molecule has 0 radical (unpaired) electrons. The van der Waals surface area contributed by atoms with E-state index in [1.807, 2.05) is 30.9 Å². The van der Waals surface area contributed by atoms with Gasteiger partial charge in [0.2, 0.25) is 0 Å². The molecule has 0 spiro atoms. The number of piperazine rings is 1. The predicted molar refractivity (Wildman–Crippen MR) is 109 cm³/mol. The lowest BCUT2D eigenvalue weighted by Gasteiger charge is -2.45. The Kier molecular flexibility index (Phi) is 9.49. The first kappa shape index (κ1) is 22.3. The van der Waals surface area contributed by atoms with Gasteiger partial charge in [0.25, 0.3) is 0 Å². The van der Waals surface area contributed by atoms with Gasteiger partial charge in [-0.2, -0.15) is 0 Å². The van der Waals surface area contributed by atoms with Gasteiger partial charge in [0, 0.05) is 37.9 Å². The van der Waals surface area contributed by atoms with Crippen molar-refractivity contribution in [1.29, 1.82) is 0 Å². The number of halogens is 2. The molecule has 1 N–H and O–H groups in total. The SMILES string of the molecule is C/C=C/CCC(C)C1CN(C(=O)NCC)CCN1c1ccc(F)cc1.Cl. The van der Waals surface area contributed by atoms with E-state index in [1.54, 1.807) is 0 Å². The number of allylic oxidation sites excluding steroid dienone is 2. The Morgan fingerprint density at radius 1 is 1.35 bits per heavy atom. The van der Waals surface area contributed by atoms with Gasteiger partial charge in [-0.05, 0) is 56.9 Å². The maximum atomic E-state index is 13.3. The zero-order chi connectivity index (χ0) is 18.2. The summed E-state index contributed by atoms with van der Waals surface area (Å²) in [6.45, 7) is 8.99. The van der Waals surface area contributed by atoms with Gasteiger partial charge in [-0.25, -0.2) is 9.18 Å². The first-order valence-electron chi connectivity index (χ1n) is 9.23. The lowest BCUT2D eigenvalue weighted by Crippen LogP contribution is -2.58. The number of carbonyl (C=O) groups excluding carboxylic acids is 1. The third kappa shape index (κ3) is 5.90. The van der Waals surface area contributed by atoms with Crippen LogP contribution in [0.3, 0.4) is 0 Å². The molecule has 2 atom stereocenters. The van der Waals surface area contributed by atoms with Crippen molar-refractivity contribution in [3.05, 3.63) is 42.2 Å². The van der Waals surface area contributed by atoms with Gasteiger partial charge in [0.05, 0.1) is 0 Å². The fourth-order valence-corrected chi connectivity index (χ4v) is 3.42. The van der Waals surface area contributed by atoms with Crippen molar-refractivity contribution in [2.24, 2.45) is 5.92 Å². The van der Waals surface area contributed by atoms with E-state index in [9.17, 15) is 9.18 Å². The van der Waals surface area contributed by atoms with Crippen LogP contribution >= 0.6 is 12.4 Å². The molecule has 2 unspecified atom stereocenters. The van der Waals surface area contributed by atoms with Crippen molar-refractivity contribution < 1.29 is 9.18 Å². The molecule has 0 bridgehead atoms. The van der Waals surface area contributed by atoms with E-state index in [0.29, 0.717) is 25.6 Å². The van der Waals surface area contributed by atoms with E-state index in [4.69, 9.17) is 0 Å². The van der Waals surface area contributed by atoms with Crippen molar-refractivity contribution in [2.45, 2.75) is 39.7 Å². The van der Waals surface area contributed by atoms with Crippen LogP contribution in [0.2, 0.25) is 0 Å². The molecule has 0 aromatic heterocycles. The largest absolute Gasteiger partial charge is 0.365 e. The molecule has 1 heterocycles. The summed E-state index contributed by atoms with van der Waals surface area (Å²) in [4.78, 5) is 16.5. The zero-order valence-corrected chi connectivity index (χ0v) is 16.8. The standard InChI is InChI=1S/C20H30FN3O.ClH/c1-4-6-7-8-16(3)19-15-23(20(25)22-5-2)13-14-24(19)18-11-9-17(21)10-12-18;/h4,6,9-12,16,19H,5,7-8,13-15H2,1-3H3,(H,22,25);1H/b6-4+;. The number of nitrogens with one attached hydrogen (secondary N) is 1. The lowest BCUT2D eigenvalue weighted by molar-refractivity contribution is 0.175. The number of urea groups is 1. The van der Waals surface area contributed by atoms with Crippen LogP contribution in [0.25, 0.3) is 0 Å². The highest BCUT2D eigenvalue weighted by molar-refractivity contribution is 5.85. The van der Waals surface area contributed by atoms with E-state index < -0.39 is 0 Å². The number of anilines is 1. The van der Waals surface area contributed by atoms with Gasteiger partial charge in [-0.3, -0.25) is 0 Å². The van der Waals surface area contributed by atoms with Crippen molar-refractivity contribution >= 4 is 24.1 Å². The van der Waals surface area contributed by atoms with Crippen LogP contribution in [0.5, 0.6) is 0 Å². The molecule has 1 aromatic rings. The quantitative estimate of drug-likeness (QED) is 0.736. The minimum absolute atomic E-state index is 0. The van der Waals surface area contributed by atoms with Gasteiger partial charge >= 0.3 is 6.03 Å². The van der Waals surface area contributed by atoms with Gasteiger partial charge in [0.1, 0.15) is 5.82 Å². The normalized spacial score (nSPS) is 18.5. The Balaban J connectivity index is 0.00000338. The van der Waals surface area contributed by atoms with E-state index >= 15 is 0 Å². The molecule has 2 rings (SSSR count). The Bertz CT molecular complexity index is 579. The van der Waals surface area contributed by atoms with Gasteiger partial charge in [-0.1, -0.05) is 19.1 Å². The fourth-order valence-electron chi connectivity index (χ4n) is 3.42. The molecule has 1 fully saturated rings. The topological polar surface area (TPSA) is 35.6 Å². The summed E-state index contributed by atoms with van der Waals surface area (Å²) in [6, 6.07) is 6.92. The average Bonchev–Trinajstić information content (AvgIpc) is 2.62. The molecule has 146 valence electrons. The summed E-state index contributed by atoms with van der Waals surface area (Å²) in [7, 11) is 0. The van der Waals surface area contributed by atoms with Gasteiger partial charge in [-0.15, -0.1) is 12.4 Å². The minimum Gasteiger partial charge on any atom is -0.365 e. The summed E-state index contributed by atoms with van der Waals surface area (Å²) < 4.78 is 13.3. The van der Waals surface area contributed by atoms with Crippen molar-refractivity contribution in [1.82, 2.24) is 10.2 Å². The number of hydrogen-bond donors (Lipinski definition) is 1. The number of benzene rings is 1. The van der Waals surface area contributed by atoms with Crippen molar-refractivity contribution in [2.75, 3.05) is 31.1 Å². The molecule has 2 amide bonds. The second kappa shape index (κ2) is 11.1. The maximum absolute atomic E-state index is 13.3. The number of carbonyl (C=O) groups is 1. The molecular weight excluding hydrogens is 353 g/mol. The number of nitrogens with zero attached hydrogens (tertiary/aromatic N) is 2. The minimum atomic E-state index is -0.220. The summed E-state index contributed by atoms with van der Waals surface area (Å²) in [5.74, 6) is 0.209. The highest BCUT2D eigenvalue weighted by atomic mass is 35.5. The third-order valence-corrected chi connectivity index (χ3v) is 4.87. The summed E-state index contributed by atoms with van der Waals surface area (Å²) >= 11 is 0. The van der Waals surface area contributed by atoms with E-state index in [0.717, 1.165) is 25.1 Å². The molecule has 26 heavy (non-hydrogen) atoms. The molecule has 0 saturated carbocycles. The fraction of sp³-hybridized carbons (Fsp3) is 0.550. The van der Waals surface area contributed by atoms with Crippen molar-refractivity contribution in [3.8, 4) is 0 Å². The molecule has 1 aliphatic heterocycles. The Morgan fingerprint density at radius 2 is 2.04 bits per heavy atom. The Hall–Kier alpha value is -1.75. The molecule has 4 nitrogen and oxygen atoms in total. The second-order valence-electron chi connectivity index (χ2n) is 6.64. The van der Waals surface area contributed by atoms with Crippen molar-refractivity contribution in [3.63, 3.8) is 0 Å². The third-order valence-electron chi connectivity index (χ3n) is 4.87. The molecule has 1 aliphatic rings. The number of amides is 2. The second-order valence-corrected chi connectivity index (χ2v) is 6.64. The average molecular weight is 384 g/mol. The van der Waals surface area contributed by atoms with E-state index in [1.165, 1.54) is 12.1 Å². The first-order valence-corrected chi connectivity index (χ1v) is 9.23. The van der Waals surface area contributed by atoms with Crippen LogP contribution in [0.15, 0.2) is 36.4 Å². The predicted octanol–water partition coefficient (Wildman–Crippen LogP) is 4.46. The molecule has 1 saturated heterocycles. The van der Waals surface area contributed by atoms with Crippen LogP contribution in [-0.2, 0) is 0 Å².